The summed E-state index contributed by atoms with van der Waals surface area (Å²) in [5.41, 5.74) is -3.65. The molecule has 14 heteroatoms. The molecule has 0 bridgehead atoms. The molecule has 0 aromatic heterocycles. The van der Waals surface area contributed by atoms with E-state index in [0.29, 0.717) is 62.5 Å². The third-order valence-corrected chi connectivity index (χ3v) is 8.69. The molecular formula is C28H38F3N3O7S. The van der Waals surface area contributed by atoms with E-state index < -0.39 is 68.3 Å². The number of carbonyl (C=O) groups is 3. The van der Waals surface area contributed by atoms with Gasteiger partial charge in [0.1, 0.15) is 10.3 Å². The molecule has 1 heterocycles. The molecule has 0 unspecified atom stereocenters. The standard InChI is InChI=1S/C28H38F3N3O7S/c1-7-40-24(36)27(11-9-12-27)42-22-15-20(28(29,30)31)19(14-21(22)34(38)39)23(35)33(17(2)3)18-10-8-13-32(16-18)25(37)41-26(4,5)6/h14-15,17-18H,7-13,16H2,1-6H3/t18-/m1/s1. The van der Waals surface area contributed by atoms with Gasteiger partial charge in [-0.15, -0.1) is 11.8 Å². The second-order valence-electron chi connectivity index (χ2n) is 11.8. The van der Waals surface area contributed by atoms with Crippen molar-refractivity contribution in [1.82, 2.24) is 9.80 Å². The van der Waals surface area contributed by atoms with Gasteiger partial charge < -0.3 is 19.3 Å². The van der Waals surface area contributed by atoms with Gasteiger partial charge in [-0.05, 0) is 79.7 Å². The molecule has 1 aliphatic carbocycles. The van der Waals surface area contributed by atoms with Crippen molar-refractivity contribution in [3.8, 4) is 0 Å². The van der Waals surface area contributed by atoms with Crippen molar-refractivity contribution < 1.29 is 42.0 Å². The van der Waals surface area contributed by atoms with Crippen LogP contribution in [-0.2, 0) is 20.4 Å². The Kier molecular flexibility index (Phi) is 10.1. The molecule has 234 valence electrons. The summed E-state index contributed by atoms with van der Waals surface area (Å²) in [6, 6.07) is 0.0312. The Bertz CT molecular complexity index is 1210. The van der Waals surface area contributed by atoms with Crippen LogP contribution in [0.4, 0.5) is 23.7 Å². The molecule has 2 aliphatic rings. The molecule has 0 N–H and O–H groups in total. The maximum atomic E-state index is 14.5. The van der Waals surface area contributed by atoms with E-state index >= 15 is 0 Å². The highest BCUT2D eigenvalue weighted by Gasteiger charge is 2.49. The smallest absolute Gasteiger partial charge is 0.417 e. The summed E-state index contributed by atoms with van der Waals surface area (Å²) in [5, 5.41) is 12.1. The number of benzene rings is 1. The van der Waals surface area contributed by atoms with Gasteiger partial charge in [-0.3, -0.25) is 19.7 Å². The van der Waals surface area contributed by atoms with E-state index in [9.17, 15) is 37.7 Å². The van der Waals surface area contributed by atoms with Crippen LogP contribution >= 0.6 is 11.8 Å². The number of rotatable bonds is 8. The highest BCUT2D eigenvalue weighted by Crippen LogP contribution is 2.52. The van der Waals surface area contributed by atoms with Gasteiger partial charge in [0.15, 0.2) is 0 Å². The number of likely N-dealkylation sites (tertiary alicyclic amines) is 1. The van der Waals surface area contributed by atoms with Gasteiger partial charge in [0, 0.05) is 25.2 Å². The molecule has 10 nitrogen and oxygen atoms in total. The number of amides is 2. The van der Waals surface area contributed by atoms with Crippen molar-refractivity contribution in [2.24, 2.45) is 0 Å². The van der Waals surface area contributed by atoms with E-state index in [1.54, 1.807) is 41.5 Å². The number of halogens is 3. The van der Waals surface area contributed by atoms with E-state index in [2.05, 4.69) is 0 Å². The van der Waals surface area contributed by atoms with Crippen LogP contribution in [0.3, 0.4) is 0 Å². The van der Waals surface area contributed by atoms with Crippen LogP contribution < -0.4 is 0 Å². The molecule has 2 fully saturated rings. The molecular weight excluding hydrogens is 579 g/mol. The molecule has 1 aromatic carbocycles. The van der Waals surface area contributed by atoms with E-state index in [1.165, 1.54) is 9.80 Å². The summed E-state index contributed by atoms with van der Waals surface area (Å²) in [4.78, 5) is 52.8. The molecule has 3 rings (SSSR count). The van der Waals surface area contributed by atoms with Gasteiger partial charge in [-0.25, -0.2) is 4.79 Å². The second-order valence-corrected chi connectivity index (χ2v) is 13.2. The van der Waals surface area contributed by atoms with Gasteiger partial charge in [-0.2, -0.15) is 13.2 Å². The average Bonchev–Trinajstić information content (AvgIpc) is 2.84. The van der Waals surface area contributed by atoms with Crippen LogP contribution in [0, 0.1) is 10.1 Å². The molecule has 42 heavy (non-hydrogen) atoms. The summed E-state index contributed by atoms with van der Waals surface area (Å²) < 4.78 is 52.7. The van der Waals surface area contributed by atoms with Crippen molar-refractivity contribution >= 4 is 35.4 Å². The lowest BCUT2D eigenvalue weighted by Gasteiger charge is -2.42. The zero-order valence-corrected chi connectivity index (χ0v) is 25.5. The van der Waals surface area contributed by atoms with E-state index in [-0.39, 0.29) is 18.0 Å². The van der Waals surface area contributed by atoms with Crippen molar-refractivity contribution in [2.45, 2.75) is 107 Å². The fourth-order valence-electron chi connectivity index (χ4n) is 5.16. The van der Waals surface area contributed by atoms with Gasteiger partial charge in [-0.1, -0.05) is 0 Å². The highest BCUT2D eigenvalue weighted by atomic mass is 32.2. The number of nitro groups is 1. The van der Waals surface area contributed by atoms with Crippen molar-refractivity contribution in [3.05, 3.63) is 33.4 Å². The Morgan fingerprint density at radius 2 is 1.83 bits per heavy atom. The first-order chi connectivity index (χ1) is 19.4. The second kappa shape index (κ2) is 12.7. The first-order valence-corrected chi connectivity index (χ1v) is 14.8. The lowest BCUT2D eigenvalue weighted by Crippen LogP contribution is -2.54. The minimum Gasteiger partial charge on any atom is -0.465 e. The molecule has 1 saturated heterocycles. The quantitative estimate of drug-likeness (QED) is 0.186. The Morgan fingerprint density at radius 3 is 2.31 bits per heavy atom. The monoisotopic (exact) mass is 617 g/mol. The number of thioether (sulfide) groups is 1. The average molecular weight is 618 g/mol. The largest absolute Gasteiger partial charge is 0.465 e. The number of esters is 1. The van der Waals surface area contributed by atoms with E-state index in [4.69, 9.17) is 9.47 Å². The minimum absolute atomic E-state index is 0.0400. The van der Waals surface area contributed by atoms with Crippen LogP contribution in [0.5, 0.6) is 0 Å². The van der Waals surface area contributed by atoms with Crippen molar-refractivity contribution in [1.29, 1.82) is 0 Å². The lowest BCUT2D eigenvalue weighted by molar-refractivity contribution is -0.387. The lowest BCUT2D eigenvalue weighted by atomic mass is 9.84. The zero-order valence-electron chi connectivity index (χ0n) is 24.7. The van der Waals surface area contributed by atoms with Crippen LogP contribution in [0.25, 0.3) is 0 Å². The molecule has 1 aliphatic heterocycles. The summed E-state index contributed by atoms with van der Waals surface area (Å²) in [6.45, 7) is 10.5. The normalized spacial score (nSPS) is 18.7. The Balaban J connectivity index is 2.04. The number of piperidine rings is 1. The zero-order chi connectivity index (χ0) is 31.6. The maximum absolute atomic E-state index is 14.5. The van der Waals surface area contributed by atoms with Crippen molar-refractivity contribution in [2.75, 3.05) is 19.7 Å². The number of hydrogen-bond acceptors (Lipinski definition) is 8. The third kappa shape index (κ3) is 7.48. The molecule has 1 saturated carbocycles. The fourth-order valence-corrected chi connectivity index (χ4v) is 6.63. The van der Waals surface area contributed by atoms with Crippen LogP contribution in [-0.4, -0.2) is 74.8 Å². The topological polar surface area (TPSA) is 119 Å². The molecule has 1 aromatic rings. The number of hydrogen-bond donors (Lipinski definition) is 0. The number of nitro benzene ring substituents is 1. The summed E-state index contributed by atoms with van der Waals surface area (Å²) >= 11 is 0.683. The Labute approximate surface area is 247 Å². The predicted molar refractivity (Wildman–Crippen MR) is 149 cm³/mol. The molecule has 1 atom stereocenters. The first kappa shape index (κ1) is 33.5. The maximum Gasteiger partial charge on any atom is 0.417 e. The number of ether oxygens (including phenoxy) is 2. The number of carbonyl (C=O) groups excluding carboxylic acids is 3. The van der Waals surface area contributed by atoms with Crippen LogP contribution in [0.15, 0.2) is 17.0 Å². The fraction of sp³-hybridized carbons (Fsp3) is 0.679. The van der Waals surface area contributed by atoms with E-state index in [0.717, 1.165) is 0 Å². The van der Waals surface area contributed by atoms with Crippen LogP contribution in [0.1, 0.15) is 89.6 Å². The SMILES string of the molecule is CCOC(=O)C1(Sc2cc(C(F)(F)F)c(C(=O)N(C(C)C)[C@@H]3CCCN(C(=O)OC(C)(C)C)C3)cc2[N+](=O)[O-])CCC1. The summed E-state index contributed by atoms with van der Waals surface area (Å²) in [6.07, 6.45) is -3.50. The molecule has 0 radical (unpaired) electrons. The number of alkyl halides is 3. The molecule has 0 spiro atoms. The van der Waals surface area contributed by atoms with Crippen LogP contribution in [0.2, 0.25) is 0 Å². The van der Waals surface area contributed by atoms with E-state index in [1.807, 2.05) is 0 Å². The summed E-state index contributed by atoms with van der Waals surface area (Å²) in [5.74, 6) is -1.67. The van der Waals surface area contributed by atoms with Crippen molar-refractivity contribution in [3.63, 3.8) is 0 Å². The molecule has 2 amide bonds. The third-order valence-electron chi connectivity index (χ3n) is 7.18. The van der Waals surface area contributed by atoms with Gasteiger partial charge >= 0.3 is 18.2 Å². The number of nitrogens with zero attached hydrogens (tertiary/aromatic N) is 3. The minimum atomic E-state index is -5.02. The van der Waals surface area contributed by atoms with Gasteiger partial charge in [0.25, 0.3) is 11.6 Å². The predicted octanol–water partition coefficient (Wildman–Crippen LogP) is 6.44. The summed E-state index contributed by atoms with van der Waals surface area (Å²) in [7, 11) is 0. The Hall–Kier alpha value is -3.03. The van der Waals surface area contributed by atoms with Gasteiger partial charge in [0.05, 0.1) is 33.6 Å². The van der Waals surface area contributed by atoms with Gasteiger partial charge in [0.2, 0.25) is 0 Å². The Morgan fingerprint density at radius 1 is 1.19 bits per heavy atom. The first-order valence-electron chi connectivity index (χ1n) is 14.0. The highest BCUT2D eigenvalue weighted by molar-refractivity contribution is 8.01.